The van der Waals surface area contributed by atoms with Gasteiger partial charge in [0.15, 0.2) is 0 Å². The largest absolute Gasteiger partial charge is 0.281 e. The Morgan fingerprint density at radius 2 is 1.80 bits per heavy atom. The van der Waals surface area contributed by atoms with Gasteiger partial charge in [-0.2, -0.15) is 0 Å². The molecule has 0 aliphatic heterocycles. The second-order valence-corrected chi connectivity index (χ2v) is 4.05. The average molecular weight is 215 g/mol. The summed E-state index contributed by atoms with van der Waals surface area (Å²) in [5.74, 6) is 0. The van der Waals surface area contributed by atoms with Crippen molar-refractivity contribution in [2.75, 3.05) is 13.3 Å². The van der Waals surface area contributed by atoms with Crippen LogP contribution < -0.4 is 0 Å². The quantitative estimate of drug-likeness (QED) is 0.523. The number of thioether (sulfide) groups is 1. The SMILES string of the molecule is CN=C(SC)c1cccc2ccccc12. The predicted octanol–water partition coefficient (Wildman–Crippen LogP) is 3.58. The van der Waals surface area contributed by atoms with Crippen LogP contribution in [0.2, 0.25) is 0 Å². The van der Waals surface area contributed by atoms with E-state index in [1.165, 1.54) is 16.3 Å². The van der Waals surface area contributed by atoms with Gasteiger partial charge in [0, 0.05) is 12.6 Å². The first kappa shape index (κ1) is 10.2. The normalized spacial score (nSPS) is 12.0. The van der Waals surface area contributed by atoms with Gasteiger partial charge in [0.05, 0.1) is 5.04 Å². The molecule has 2 aromatic rings. The molecule has 76 valence electrons. The van der Waals surface area contributed by atoms with Gasteiger partial charge in [-0.1, -0.05) is 42.5 Å². The smallest absolute Gasteiger partial charge is 0.0976 e. The van der Waals surface area contributed by atoms with Gasteiger partial charge in [-0.3, -0.25) is 4.99 Å². The number of fused-ring (bicyclic) bond motifs is 1. The molecule has 0 heterocycles. The third-order valence-electron chi connectivity index (χ3n) is 2.42. The topological polar surface area (TPSA) is 12.4 Å². The molecule has 0 unspecified atom stereocenters. The first-order valence-electron chi connectivity index (χ1n) is 4.85. The highest BCUT2D eigenvalue weighted by Gasteiger charge is 2.04. The first-order valence-corrected chi connectivity index (χ1v) is 6.08. The predicted molar refractivity (Wildman–Crippen MR) is 69.9 cm³/mol. The van der Waals surface area contributed by atoms with Crippen LogP contribution in [0.1, 0.15) is 5.56 Å². The van der Waals surface area contributed by atoms with E-state index in [4.69, 9.17) is 0 Å². The van der Waals surface area contributed by atoms with Crippen LogP contribution >= 0.6 is 11.8 Å². The lowest BCUT2D eigenvalue weighted by atomic mass is 10.1. The second-order valence-electron chi connectivity index (χ2n) is 3.26. The highest BCUT2D eigenvalue weighted by molar-refractivity contribution is 8.13. The number of hydrogen-bond acceptors (Lipinski definition) is 2. The number of rotatable bonds is 1. The molecule has 0 aliphatic rings. The molecule has 0 atom stereocenters. The van der Waals surface area contributed by atoms with E-state index in [0.717, 1.165) is 5.04 Å². The molecular weight excluding hydrogens is 202 g/mol. The van der Waals surface area contributed by atoms with Gasteiger partial charge in [-0.05, 0) is 17.0 Å². The van der Waals surface area contributed by atoms with Gasteiger partial charge in [-0.15, -0.1) is 11.8 Å². The van der Waals surface area contributed by atoms with Crippen molar-refractivity contribution in [3.05, 3.63) is 48.0 Å². The number of benzene rings is 2. The van der Waals surface area contributed by atoms with Crippen molar-refractivity contribution >= 4 is 27.6 Å². The van der Waals surface area contributed by atoms with Crippen molar-refractivity contribution in [2.45, 2.75) is 0 Å². The molecular formula is C13H13NS. The van der Waals surface area contributed by atoms with Gasteiger partial charge in [0.2, 0.25) is 0 Å². The fraction of sp³-hybridized carbons (Fsp3) is 0.154. The fourth-order valence-electron chi connectivity index (χ4n) is 1.73. The van der Waals surface area contributed by atoms with E-state index >= 15 is 0 Å². The van der Waals surface area contributed by atoms with E-state index in [0.29, 0.717) is 0 Å². The van der Waals surface area contributed by atoms with Crippen LogP contribution in [0.4, 0.5) is 0 Å². The summed E-state index contributed by atoms with van der Waals surface area (Å²) in [7, 11) is 1.84. The van der Waals surface area contributed by atoms with Gasteiger partial charge in [0.25, 0.3) is 0 Å². The van der Waals surface area contributed by atoms with Gasteiger partial charge in [0.1, 0.15) is 0 Å². The van der Waals surface area contributed by atoms with Crippen molar-refractivity contribution in [1.29, 1.82) is 0 Å². The Bertz CT molecular complexity index is 497. The molecule has 0 aliphatic carbocycles. The Balaban J connectivity index is 2.71. The van der Waals surface area contributed by atoms with Gasteiger partial charge < -0.3 is 0 Å². The molecule has 0 radical (unpaired) electrons. The summed E-state index contributed by atoms with van der Waals surface area (Å²) < 4.78 is 0. The van der Waals surface area contributed by atoms with Crippen molar-refractivity contribution < 1.29 is 0 Å². The summed E-state index contributed by atoms with van der Waals surface area (Å²) in [6, 6.07) is 14.7. The molecule has 0 spiro atoms. The maximum absolute atomic E-state index is 4.31. The van der Waals surface area contributed by atoms with Crippen LogP contribution in [0.15, 0.2) is 47.5 Å². The maximum Gasteiger partial charge on any atom is 0.0976 e. The minimum atomic E-state index is 1.09. The minimum Gasteiger partial charge on any atom is -0.281 e. The standard InChI is InChI=1S/C13H13NS/c1-14-13(15-2)12-9-5-7-10-6-3-4-8-11(10)12/h3-9H,1-2H3. The van der Waals surface area contributed by atoms with E-state index in [1.54, 1.807) is 11.8 Å². The Kier molecular flexibility index (Phi) is 3.07. The molecule has 15 heavy (non-hydrogen) atoms. The van der Waals surface area contributed by atoms with Crippen LogP contribution in [0.5, 0.6) is 0 Å². The van der Waals surface area contributed by atoms with Crippen molar-refractivity contribution in [3.63, 3.8) is 0 Å². The lowest BCUT2D eigenvalue weighted by molar-refractivity contribution is 1.46. The van der Waals surface area contributed by atoms with Crippen LogP contribution in [-0.4, -0.2) is 18.3 Å². The van der Waals surface area contributed by atoms with Crippen LogP contribution in [0.25, 0.3) is 10.8 Å². The zero-order chi connectivity index (χ0) is 10.7. The lowest BCUT2D eigenvalue weighted by Gasteiger charge is -2.06. The molecule has 1 nitrogen and oxygen atoms in total. The number of hydrogen-bond donors (Lipinski definition) is 0. The van der Waals surface area contributed by atoms with Crippen LogP contribution in [0, 0.1) is 0 Å². The molecule has 0 N–H and O–H groups in total. The lowest BCUT2D eigenvalue weighted by Crippen LogP contribution is -1.95. The summed E-state index contributed by atoms with van der Waals surface area (Å²) >= 11 is 1.69. The highest BCUT2D eigenvalue weighted by Crippen LogP contribution is 2.22. The number of aliphatic imine (C=N–C) groups is 1. The molecule has 0 saturated carbocycles. The summed E-state index contributed by atoms with van der Waals surface area (Å²) in [5.41, 5.74) is 1.23. The molecule has 2 rings (SSSR count). The summed E-state index contributed by atoms with van der Waals surface area (Å²) in [6.07, 6.45) is 2.06. The summed E-state index contributed by atoms with van der Waals surface area (Å²) in [6.45, 7) is 0. The Hall–Kier alpha value is -1.28. The maximum atomic E-state index is 4.31. The van der Waals surface area contributed by atoms with Crippen molar-refractivity contribution in [1.82, 2.24) is 0 Å². The van der Waals surface area contributed by atoms with Gasteiger partial charge >= 0.3 is 0 Å². The van der Waals surface area contributed by atoms with E-state index in [-0.39, 0.29) is 0 Å². The van der Waals surface area contributed by atoms with E-state index in [2.05, 4.69) is 53.7 Å². The molecule has 0 amide bonds. The minimum absolute atomic E-state index is 1.09. The van der Waals surface area contributed by atoms with Crippen LogP contribution in [0.3, 0.4) is 0 Å². The molecule has 0 bridgehead atoms. The third kappa shape index (κ3) is 1.90. The zero-order valence-corrected chi connectivity index (χ0v) is 9.71. The summed E-state index contributed by atoms with van der Waals surface area (Å²) in [5, 5.41) is 3.63. The molecule has 2 heteroatoms. The average Bonchev–Trinajstić information content (AvgIpc) is 2.31. The second kappa shape index (κ2) is 4.49. The molecule has 0 fully saturated rings. The Labute approximate surface area is 94.2 Å². The third-order valence-corrected chi connectivity index (χ3v) is 3.21. The monoisotopic (exact) mass is 215 g/mol. The Morgan fingerprint density at radius 1 is 1.07 bits per heavy atom. The zero-order valence-electron chi connectivity index (χ0n) is 8.90. The van der Waals surface area contributed by atoms with Crippen LogP contribution in [-0.2, 0) is 0 Å². The Morgan fingerprint density at radius 3 is 2.53 bits per heavy atom. The highest BCUT2D eigenvalue weighted by atomic mass is 32.2. The molecule has 2 aromatic carbocycles. The number of nitrogens with zero attached hydrogens (tertiary/aromatic N) is 1. The molecule has 0 saturated heterocycles. The molecule has 0 aromatic heterocycles. The first-order chi connectivity index (χ1) is 7.36. The van der Waals surface area contributed by atoms with E-state index < -0.39 is 0 Å². The van der Waals surface area contributed by atoms with E-state index in [1.807, 2.05) is 7.05 Å². The van der Waals surface area contributed by atoms with Crippen molar-refractivity contribution in [2.24, 2.45) is 4.99 Å². The summed E-state index contributed by atoms with van der Waals surface area (Å²) in [4.78, 5) is 4.31. The van der Waals surface area contributed by atoms with Gasteiger partial charge in [-0.25, -0.2) is 0 Å². The van der Waals surface area contributed by atoms with E-state index in [9.17, 15) is 0 Å². The van der Waals surface area contributed by atoms with Crippen molar-refractivity contribution in [3.8, 4) is 0 Å². The fourth-order valence-corrected chi connectivity index (χ4v) is 2.31.